The number of nitrogens with zero attached hydrogens (tertiary/aromatic N) is 1. The van der Waals surface area contributed by atoms with Crippen molar-refractivity contribution in [3.63, 3.8) is 0 Å². The van der Waals surface area contributed by atoms with E-state index in [9.17, 15) is 14.4 Å². The quantitative estimate of drug-likeness (QED) is 0.374. The summed E-state index contributed by atoms with van der Waals surface area (Å²) in [4.78, 5) is 46.1. The van der Waals surface area contributed by atoms with E-state index < -0.39 is 23.4 Å². The fourth-order valence-corrected chi connectivity index (χ4v) is 6.44. The summed E-state index contributed by atoms with van der Waals surface area (Å²) >= 11 is 6.06. The molecule has 4 heterocycles. The SMILES string of the molecule is O=C1C2C(Cc3c[nH]c4ccccc34)NC3(C(=O)Nc4ccccc43)C2C(=O)N1c1ccc(Cl)cc1. The molecule has 8 heteroatoms. The lowest BCUT2D eigenvalue weighted by Gasteiger charge is -2.29. The Hall–Kier alpha value is -3.94. The molecule has 3 N–H and O–H groups in total. The lowest BCUT2D eigenvalue weighted by molar-refractivity contribution is -0.130. The molecule has 1 aromatic heterocycles. The number of H-pyrrole nitrogens is 1. The summed E-state index contributed by atoms with van der Waals surface area (Å²) < 4.78 is 0. The number of fused-ring (bicyclic) bond motifs is 5. The van der Waals surface area contributed by atoms with Crippen LogP contribution in [0.15, 0.2) is 79.0 Å². The molecule has 0 bridgehead atoms. The van der Waals surface area contributed by atoms with Crippen molar-refractivity contribution in [2.24, 2.45) is 11.8 Å². The predicted molar refractivity (Wildman–Crippen MR) is 137 cm³/mol. The standard InChI is InChI=1S/C28H21ClN4O3/c29-16-9-11-17(12-10-16)33-25(34)23-22(13-15-14-30-20-7-3-1-5-18(15)20)32-28(24(23)26(33)35)19-6-2-4-8-21(19)31-27(28)36/h1-12,14,22-24,30,32H,13H2,(H,31,36). The maximum Gasteiger partial charge on any atom is 0.250 e. The molecular formula is C28H21ClN4O3. The fraction of sp³-hybridized carbons (Fsp3) is 0.179. The lowest BCUT2D eigenvalue weighted by Crippen LogP contribution is -2.53. The maximum atomic E-state index is 14.0. The van der Waals surface area contributed by atoms with Gasteiger partial charge in [-0.1, -0.05) is 48.0 Å². The molecule has 3 aliphatic heterocycles. The summed E-state index contributed by atoms with van der Waals surface area (Å²) in [5.41, 5.74) is 2.51. The highest BCUT2D eigenvalue weighted by molar-refractivity contribution is 6.31. The molecule has 2 fully saturated rings. The Morgan fingerprint density at radius 1 is 0.889 bits per heavy atom. The Kier molecular flexibility index (Phi) is 4.46. The van der Waals surface area contributed by atoms with Gasteiger partial charge < -0.3 is 10.3 Å². The number of para-hydroxylation sites is 2. The number of imide groups is 1. The highest BCUT2D eigenvalue weighted by Crippen LogP contribution is 2.54. The Bertz CT molecular complexity index is 1580. The number of rotatable bonds is 3. The van der Waals surface area contributed by atoms with Crippen LogP contribution in [-0.4, -0.2) is 28.7 Å². The van der Waals surface area contributed by atoms with Crippen molar-refractivity contribution >= 4 is 51.6 Å². The van der Waals surface area contributed by atoms with Crippen LogP contribution in [0.2, 0.25) is 5.02 Å². The molecule has 2 saturated heterocycles. The Labute approximate surface area is 211 Å². The number of hydrogen-bond acceptors (Lipinski definition) is 4. The van der Waals surface area contributed by atoms with E-state index in [1.165, 1.54) is 4.90 Å². The van der Waals surface area contributed by atoms with Crippen molar-refractivity contribution in [3.8, 4) is 0 Å². The van der Waals surface area contributed by atoms with E-state index in [2.05, 4.69) is 15.6 Å². The first-order chi connectivity index (χ1) is 17.5. The fourth-order valence-electron chi connectivity index (χ4n) is 6.32. The van der Waals surface area contributed by atoms with Gasteiger partial charge in [-0.3, -0.25) is 19.7 Å². The molecule has 1 spiro atoms. The average Bonchev–Trinajstić information content (AvgIpc) is 3.59. The molecule has 36 heavy (non-hydrogen) atoms. The van der Waals surface area contributed by atoms with Gasteiger partial charge in [-0.05, 0) is 48.4 Å². The van der Waals surface area contributed by atoms with Crippen molar-refractivity contribution in [2.75, 3.05) is 10.2 Å². The van der Waals surface area contributed by atoms with E-state index in [-0.39, 0.29) is 17.7 Å². The van der Waals surface area contributed by atoms with Crippen LogP contribution in [0.1, 0.15) is 11.1 Å². The average molecular weight is 497 g/mol. The zero-order valence-corrected chi connectivity index (χ0v) is 19.8. The monoisotopic (exact) mass is 496 g/mol. The topological polar surface area (TPSA) is 94.3 Å². The second kappa shape index (κ2) is 7.53. The third-order valence-corrected chi connectivity index (χ3v) is 8.07. The normalized spacial score (nSPS) is 26.6. The van der Waals surface area contributed by atoms with Gasteiger partial charge in [0.25, 0.3) is 0 Å². The highest BCUT2D eigenvalue weighted by Gasteiger charge is 2.70. The van der Waals surface area contributed by atoms with E-state index in [1.54, 1.807) is 24.3 Å². The predicted octanol–water partition coefficient (Wildman–Crippen LogP) is 3.99. The van der Waals surface area contributed by atoms with Gasteiger partial charge in [0.1, 0.15) is 5.54 Å². The van der Waals surface area contributed by atoms with Gasteiger partial charge in [0, 0.05) is 39.4 Å². The first-order valence-electron chi connectivity index (χ1n) is 11.9. The molecule has 7 rings (SSSR count). The summed E-state index contributed by atoms with van der Waals surface area (Å²) in [5, 5.41) is 8.01. The second-order valence-electron chi connectivity index (χ2n) is 9.61. The van der Waals surface area contributed by atoms with Gasteiger partial charge in [-0.15, -0.1) is 0 Å². The number of anilines is 2. The van der Waals surface area contributed by atoms with Crippen LogP contribution in [0, 0.1) is 11.8 Å². The highest BCUT2D eigenvalue weighted by atomic mass is 35.5. The summed E-state index contributed by atoms with van der Waals surface area (Å²) in [6, 6.07) is 21.5. The molecular weight excluding hydrogens is 476 g/mol. The molecule has 4 aromatic rings. The molecule has 0 saturated carbocycles. The van der Waals surface area contributed by atoms with Gasteiger partial charge in [-0.2, -0.15) is 0 Å². The number of hydrogen-bond donors (Lipinski definition) is 3. The van der Waals surface area contributed by atoms with E-state index in [4.69, 9.17) is 11.6 Å². The van der Waals surface area contributed by atoms with Gasteiger partial charge in [-0.25, -0.2) is 4.90 Å². The van der Waals surface area contributed by atoms with Crippen molar-refractivity contribution in [1.82, 2.24) is 10.3 Å². The van der Waals surface area contributed by atoms with Crippen LogP contribution in [0.5, 0.6) is 0 Å². The molecule has 3 amide bonds. The summed E-state index contributed by atoms with van der Waals surface area (Å²) in [6.45, 7) is 0. The van der Waals surface area contributed by atoms with Crippen LogP contribution < -0.4 is 15.5 Å². The van der Waals surface area contributed by atoms with Crippen molar-refractivity contribution in [1.29, 1.82) is 0 Å². The number of aromatic amines is 1. The van der Waals surface area contributed by atoms with E-state index in [0.717, 1.165) is 16.5 Å². The molecule has 3 aromatic carbocycles. The number of carbonyl (C=O) groups is 3. The Morgan fingerprint density at radius 2 is 1.64 bits per heavy atom. The summed E-state index contributed by atoms with van der Waals surface area (Å²) in [6.07, 6.45) is 2.42. The van der Waals surface area contributed by atoms with Crippen LogP contribution in [-0.2, 0) is 26.3 Å². The maximum absolute atomic E-state index is 14.0. The molecule has 178 valence electrons. The smallest absolute Gasteiger partial charge is 0.250 e. The third kappa shape index (κ3) is 2.75. The number of halogens is 1. The number of aromatic nitrogens is 1. The van der Waals surface area contributed by atoms with Gasteiger partial charge in [0.15, 0.2) is 0 Å². The van der Waals surface area contributed by atoms with Crippen molar-refractivity contribution in [3.05, 3.63) is 95.1 Å². The van der Waals surface area contributed by atoms with E-state index in [0.29, 0.717) is 28.4 Å². The number of amides is 3. The zero-order valence-electron chi connectivity index (χ0n) is 19.0. The van der Waals surface area contributed by atoms with Crippen LogP contribution in [0.25, 0.3) is 10.9 Å². The van der Waals surface area contributed by atoms with Crippen LogP contribution >= 0.6 is 11.6 Å². The van der Waals surface area contributed by atoms with Gasteiger partial charge in [0.05, 0.1) is 17.5 Å². The largest absolute Gasteiger partial charge is 0.361 e. The van der Waals surface area contributed by atoms with Crippen LogP contribution in [0.3, 0.4) is 0 Å². The Balaban J connectivity index is 1.37. The molecule has 4 unspecified atom stereocenters. The molecule has 0 radical (unpaired) electrons. The third-order valence-electron chi connectivity index (χ3n) is 7.82. The lowest BCUT2D eigenvalue weighted by atomic mass is 9.76. The second-order valence-corrected chi connectivity index (χ2v) is 10.1. The summed E-state index contributed by atoms with van der Waals surface area (Å²) in [7, 11) is 0. The Morgan fingerprint density at radius 3 is 2.47 bits per heavy atom. The summed E-state index contributed by atoms with van der Waals surface area (Å²) in [5.74, 6) is -2.58. The molecule has 7 nitrogen and oxygen atoms in total. The minimum Gasteiger partial charge on any atom is -0.361 e. The minimum absolute atomic E-state index is 0.306. The van der Waals surface area contributed by atoms with Gasteiger partial charge >= 0.3 is 0 Å². The number of carbonyl (C=O) groups excluding carboxylic acids is 3. The first-order valence-corrected chi connectivity index (χ1v) is 12.2. The number of benzene rings is 3. The van der Waals surface area contributed by atoms with E-state index >= 15 is 0 Å². The molecule has 0 aliphatic carbocycles. The van der Waals surface area contributed by atoms with Crippen molar-refractivity contribution in [2.45, 2.75) is 18.0 Å². The van der Waals surface area contributed by atoms with Gasteiger partial charge in [0.2, 0.25) is 17.7 Å². The molecule has 3 aliphatic rings. The van der Waals surface area contributed by atoms with Crippen LogP contribution in [0.4, 0.5) is 11.4 Å². The first kappa shape index (κ1) is 21.4. The van der Waals surface area contributed by atoms with E-state index in [1.807, 2.05) is 54.7 Å². The molecule has 4 atom stereocenters. The minimum atomic E-state index is -1.33. The zero-order chi connectivity index (χ0) is 24.6. The number of nitrogens with one attached hydrogen (secondary N) is 3. The van der Waals surface area contributed by atoms with Crippen molar-refractivity contribution < 1.29 is 14.4 Å².